The van der Waals surface area contributed by atoms with Crippen molar-refractivity contribution in [3.8, 4) is 33.8 Å². The molecular weight excluding hydrogens is 597 g/mol. The number of rotatable bonds is 5. The van der Waals surface area contributed by atoms with Crippen molar-refractivity contribution in [1.29, 1.82) is 0 Å². The van der Waals surface area contributed by atoms with Gasteiger partial charge in [0.15, 0.2) is 11.5 Å². The lowest BCUT2D eigenvalue weighted by Gasteiger charge is -2.46. The van der Waals surface area contributed by atoms with E-state index >= 15 is 0 Å². The average molecular weight is 633 g/mol. The molecule has 0 unspecified atom stereocenters. The molecule has 2 aliphatic heterocycles. The number of nitrogens with zero attached hydrogens (tertiary/aromatic N) is 2. The van der Waals surface area contributed by atoms with E-state index in [1.807, 2.05) is 0 Å². The summed E-state index contributed by atoms with van der Waals surface area (Å²) < 4.78 is 7.12. The highest BCUT2D eigenvalue weighted by atomic mass is 16.5. The van der Waals surface area contributed by atoms with Gasteiger partial charge in [-0.25, -0.2) is 0 Å². The van der Waals surface area contributed by atoms with Crippen LogP contribution in [-0.4, -0.2) is 0 Å². The number of hydrogen-bond donors (Lipinski definition) is 0. The normalized spacial score (nSPS) is 13.5. The van der Waals surface area contributed by atoms with Crippen LogP contribution < -0.4 is 14.5 Å². The van der Waals surface area contributed by atoms with Crippen LogP contribution in [0.5, 0.6) is 11.5 Å². The van der Waals surface area contributed by atoms with Gasteiger partial charge < -0.3 is 14.5 Å². The standard InChI is InChI=1S/C46H36N2O/c1-31-26-28-41(47(35-20-11-6-12-21-35)39-24-14-13-22-36(39)33-18-9-5-10-19-33)45-43(31)48-40-29-27-34(32-16-7-4-8-17-32)30-38(40)46(2,3)37-23-15-25-42(49-45)44(37)48/h4-30H,1-3H3. The molecule has 0 fully saturated rings. The van der Waals surface area contributed by atoms with Crippen LogP contribution in [0.1, 0.15) is 30.5 Å². The Balaban J connectivity index is 1.30. The van der Waals surface area contributed by atoms with Gasteiger partial charge in [0.2, 0.25) is 0 Å². The smallest absolute Gasteiger partial charge is 0.175 e. The predicted molar refractivity (Wildman–Crippen MR) is 204 cm³/mol. The van der Waals surface area contributed by atoms with Gasteiger partial charge in [-0.2, -0.15) is 0 Å². The zero-order chi connectivity index (χ0) is 33.1. The molecule has 7 aromatic rings. The summed E-state index contributed by atoms with van der Waals surface area (Å²) in [5.74, 6) is 1.71. The van der Waals surface area contributed by atoms with E-state index in [9.17, 15) is 0 Å². The Bertz CT molecular complexity index is 2350. The molecule has 0 saturated carbocycles. The van der Waals surface area contributed by atoms with E-state index < -0.39 is 0 Å². The van der Waals surface area contributed by atoms with Gasteiger partial charge in [-0.05, 0) is 82.8 Å². The molecule has 9 rings (SSSR count). The van der Waals surface area contributed by atoms with Crippen molar-refractivity contribution in [2.45, 2.75) is 26.2 Å². The molecule has 0 aliphatic carbocycles. The molecule has 0 spiro atoms. The highest BCUT2D eigenvalue weighted by Gasteiger charge is 2.43. The number of anilines is 6. The van der Waals surface area contributed by atoms with Crippen molar-refractivity contribution >= 4 is 34.1 Å². The van der Waals surface area contributed by atoms with Crippen molar-refractivity contribution < 1.29 is 4.74 Å². The number of para-hydroxylation sites is 3. The molecule has 3 nitrogen and oxygen atoms in total. The average Bonchev–Trinajstić information content (AvgIpc) is 3.15. The quantitative estimate of drug-likeness (QED) is 0.188. The lowest BCUT2D eigenvalue weighted by Crippen LogP contribution is -2.33. The molecule has 7 aromatic carbocycles. The maximum Gasteiger partial charge on any atom is 0.175 e. The molecule has 0 aromatic heterocycles. The molecule has 236 valence electrons. The summed E-state index contributed by atoms with van der Waals surface area (Å²) in [5, 5.41) is 0. The van der Waals surface area contributed by atoms with Crippen molar-refractivity contribution in [3.05, 3.63) is 180 Å². The molecule has 0 atom stereocenters. The third kappa shape index (κ3) is 4.57. The monoisotopic (exact) mass is 632 g/mol. The van der Waals surface area contributed by atoms with E-state index in [0.29, 0.717) is 0 Å². The minimum atomic E-state index is -0.237. The Kier molecular flexibility index (Phi) is 6.70. The summed E-state index contributed by atoms with van der Waals surface area (Å²) in [6.07, 6.45) is 0. The minimum absolute atomic E-state index is 0.237. The summed E-state index contributed by atoms with van der Waals surface area (Å²) in [5.41, 5.74) is 14.7. The van der Waals surface area contributed by atoms with E-state index in [4.69, 9.17) is 4.74 Å². The van der Waals surface area contributed by atoms with Crippen LogP contribution in [0.4, 0.5) is 34.1 Å². The maximum absolute atomic E-state index is 7.12. The Hall–Kier alpha value is -6.06. The first-order valence-corrected chi connectivity index (χ1v) is 17.0. The topological polar surface area (TPSA) is 15.7 Å². The molecule has 0 amide bonds. The van der Waals surface area contributed by atoms with Crippen molar-refractivity contribution in [1.82, 2.24) is 0 Å². The van der Waals surface area contributed by atoms with Gasteiger partial charge in [0.25, 0.3) is 0 Å². The maximum atomic E-state index is 7.12. The van der Waals surface area contributed by atoms with Gasteiger partial charge >= 0.3 is 0 Å². The van der Waals surface area contributed by atoms with Gasteiger partial charge in [0.05, 0.1) is 28.4 Å². The summed E-state index contributed by atoms with van der Waals surface area (Å²) in [6, 6.07) is 58.5. The molecule has 0 N–H and O–H groups in total. The Morgan fingerprint density at radius 1 is 0.531 bits per heavy atom. The second-order valence-electron chi connectivity index (χ2n) is 13.4. The first kappa shape index (κ1) is 29.1. The molecule has 0 radical (unpaired) electrons. The minimum Gasteiger partial charge on any atom is -0.451 e. The lowest BCUT2D eigenvalue weighted by atomic mass is 9.72. The van der Waals surface area contributed by atoms with Crippen LogP contribution >= 0.6 is 0 Å². The van der Waals surface area contributed by atoms with Crippen molar-refractivity contribution in [3.63, 3.8) is 0 Å². The third-order valence-electron chi connectivity index (χ3n) is 10.1. The summed E-state index contributed by atoms with van der Waals surface area (Å²) in [4.78, 5) is 4.81. The largest absolute Gasteiger partial charge is 0.451 e. The van der Waals surface area contributed by atoms with Crippen molar-refractivity contribution in [2.24, 2.45) is 0 Å². The molecule has 0 saturated heterocycles. The van der Waals surface area contributed by atoms with Gasteiger partial charge in [0.1, 0.15) is 0 Å². The number of hydrogen-bond acceptors (Lipinski definition) is 3. The van der Waals surface area contributed by atoms with Crippen LogP contribution in [0, 0.1) is 6.92 Å². The second-order valence-corrected chi connectivity index (χ2v) is 13.4. The van der Waals surface area contributed by atoms with Crippen LogP contribution in [0.25, 0.3) is 22.3 Å². The first-order chi connectivity index (χ1) is 24.0. The van der Waals surface area contributed by atoms with E-state index in [0.717, 1.165) is 56.6 Å². The molecule has 0 bridgehead atoms. The van der Waals surface area contributed by atoms with Gasteiger partial charge in [-0.1, -0.05) is 135 Å². The Morgan fingerprint density at radius 3 is 1.96 bits per heavy atom. The molecule has 49 heavy (non-hydrogen) atoms. The second kappa shape index (κ2) is 11.3. The van der Waals surface area contributed by atoms with Crippen molar-refractivity contribution in [2.75, 3.05) is 9.80 Å². The summed E-state index contributed by atoms with van der Waals surface area (Å²) in [7, 11) is 0. The van der Waals surface area contributed by atoms with E-state index in [1.165, 1.54) is 27.9 Å². The van der Waals surface area contributed by atoms with E-state index in [-0.39, 0.29) is 5.41 Å². The Morgan fingerprint density at radius 2 is 1.20 bits per heavy atom. The van der Waals surface area contributed by atoms with Crippen LogP contribution in [-0.2, 0) is 5.41 Å². The zero-order valence-electron chi connectivity index (χ0n) is 27.9. The first-order valence-electron chi connectivity index (χ1n) is 17.0. The van der Waals surface area contributed by atoms with Crippen LogP contribution in [0.15, 0.2) is 164 Å². The zero-order valence-corrected chi connectivity index (χ0v) is 27.9. The summed E-state index contributed by atoms with van der Waals surface area (Å²) >= 11 is 0. The van der Waals surface area contributed by atoms with Gasteiger partial charge in [-0.15, -0.1) is 0 Å². The van der Waals surface area contributed by atoms with E-state index in [2.05, 4.69) is 194 Å². The van der Waals surface area contributed by atoms with Crippen LogP contribution in [0.2, 0.25) is 0 Å². The number of fused-ring (bicyclic) bond motifs is 4. The lowest BCUT2D eigenvalue weighted by molar-refractivity contribution is 0.472. The summed E-state index contributed by atoms with van der Waals surface area (Å²) in [6.45, 7) is 6.87. The molecule has 2 heterocycles. The van der Waals surface area contributed by atoms with Crippen LogP contribution in [0.3, 0.4) is 0 Å². The number of benzene rings is 7. The highest BCUT2D eigenvalue weighted by molar-refractivity contribution is 6.00. The number of aryl methyl sites for hydroxylation is 1. The third-order valence-corrected chi connectivity index (χ3v) is 10.1. The number of ether oxygens (including phenoxy) is 1. The van der Waals surface area contributed by atoms with Gasteiger partial charge in [0, 0.05) is 16.7 Å². The fourth-order valence-corrected chi connectivity index (χ4v) is 7.72. The van der Waals surface area contributed by atoms with E-state index in [1.54, 1.807) is 0 Å². The molecule has 2 aliphatic rings. The predicted octanol–water partition coefficient (Wildman–Crippen LogP) is 13.0. The SMILES string of the molecule is Cc1ccc(N(c2ccccc2)c2ccccc2-c2ccccc2)c2c1N1c3ccc(-c4ccccc4)cc3C(C)(C)c3cccc(c31)O2. The fraction of sp³-hybridized carbons (Fsp3) is 0.0870. The Labute approximate surface area is 288 Å². The highest BCUT2D eigenvalue weighted by Crippen LogP contribution is 2.63. The molecular formula is C46H36N2O. The van der Waals surface area contributed by atoms with Gasteiger partial charge in [-0.3, -0.25) is 0 Å². The molecule has 3 heteroatoms. The fourth-order valence-electron chi connectivity index (χ4n) is 7.72.